The van der Waals surface area contributed by atoms with Crippen LogP contribution in [0.15, 0.2) is 12.2 Å². The van der Waals surface area contributed by atoms with E-state index in [2.05, 4.69) is 37.7 Å². The number of esters is 1. The normalized spacial score (nSPS) is 37.6. The maximum atomic E-state index is 11.0. The van der Waals surface area contributed by atoms with Crippen LogP contribution in [0.25, 0.3) is 0 Å². The summed E-state index contributed by atoms with van der Waals surface area (Å²) in [5.41, 5.74) is 0.287. The number of allylic oxidation sites excluding steroid dienone is 2. The number of carbonyl (C=O) groups excluding carboxylic acids is 1. The summed E-state index contributed by atoms with van der Waals surface area (Å²) >= 11 is 0. The summed E-state index contributed by atoms with van der Waals surface area (Å²) in [6.07, 6.45) is 9.92. The number of carbonyl (C=O) groups is 1. The number of unbranched alkanes of at least 4 members (excludes halogenated alkanes) is 1. The molecule has 128 valence electrons. The summed E-state index contributed by atoms with van der Waals surface area (Å²) in [6, 6.07) is 0. The molecule has 1 aliphatic heterocycles. The van der Waals surface area contributed by atoms with Crippen LogP contribution in [0.1, 0.15) is 52.9 Å². The van der Waals surface area contributed by atoms with Crippen molar-refractivity contribution in [2.24, 2.45) is 17.3 Å². The van der Waals surface area contributed by atoms with E-state index in [9.17, 15) is 4.79 Å². The predicted octanol–water partition coefficient (Wildman–Crippen LogP) is 3.61. The zero-order valence-electron chi connectivity index (χ0n) is 14.8. The molecule has 23 heavy (non-hydrogen) atoms. The van der Waals surface area contributed by atoms with Crippen molar-refractivity contribution in [3.05, 3.63) is 12.2 Å². The summed E-state index contributed by atoms with van der Waals surface area (Å²) in [5, 5.41) is 0. The van der Waals surface area contributed by atoms with Crippen molar-refractivity contribution in [2.75, 3.05) is 7.11 Å². The first-order valence-electron chi connectivity index (χ1n) is 8.93. The second-order valence-electron chi connectivity index (χ2n) is 8.07. The van der Waals surface area contributed by atoms with E-state index in [1.54, 1.807) is 0 Å². The summed E-state index contributed by atoms with van der Waals surface area (Å²) < 4.78 is 17.2. The Morgan fingerprint density at radius 2 is 2.09 bits per heavy atom. The van der Waals surface area contributed by atoms with Crippen LogP contribution >= 0.6 is 0 Å². The smallest absolute Gasteiger partial charge is 0.461 e. The number of rotatable bonds is 6. The second kappa shape index (κ2) is 6.25. The Morgan fingerprint density at radius 1 is 1.30 bits per heavy atom. The predicted molar refractivity (Wildman–Crippen MR) is 89.9 cm³/mol. The topological polar surface area (TPSA) is 44.8 Å². The van der Waals surface area contributed by atoms with Gasteiger partial charge in [-0.05, 0) is 49.9 Å². The summed E-state index contributed by atoms with van der Waals surface area (Å²) in [4.78, 5) is 11.0. The molecule has 4 atom stereocenters. The number of hydrogen-bond acceptors (Lipinski definition) is 4. The van der Waals surface area contributed by atoms with Crippen LogP contribution in [0.4, 0.5) is 0 Å². The molecule has 0 spiro atoms. The van der Waals surface area contributed by atoms with Crippen LogP contribution < -0.4 is 0 Å². The molecule has 3 aliphatic carbocycles. The van der Waals surface area contributed by atoms with Crippen LogP contribution in [-0.4, -0.2) is 31.9 Å². The highest BCUT2D eigenvalue weighted by atomic mass is 16.7. The number of methoxy groups -OCH3 is 1. The van der Waals surface area contributed by atoms with E-state index >= 15 is 0 Å². The molecule has 0 amide bonds. The Labute approximate surface area is 140 Å². The first-order chi connectivity index (χ1) is 10.9. The van der Waals surface area contributed by atoms with Crippen molar-refractivity contribution in [3.8, 4) is 0 Å². The van der Waals surface area contributed by atoms with Gasteiger partial charge in [0.2, 0.25) is 0 Å². The summed E-state index contributed by atoms with van der Waals surface area (Å²) in [5.74, 6) is 1.27. The van der Waals surface area contributed by atoms with Crippen molar-refractivity contribution < 1.29 is 18.8 Å². The Bertz CT molecular complexity index is 489. The fraction of sp³-hybridized carbons (Fsp3) is 0.833. The highest BCUT2D eigenvalue weighted by Gasteiger charge is 2.67. The number of hydrogen-bond donors (Lipinski definition) is 0. The van der Waals surface area contributed by atoms with Crippen LogP contribution in [0, 0.1) is 17.3 Å². The molecular formula is C18H29BO4. The molecule has 0 aromatic rings. The quantitative estimate of drug-likeness (QED) is 0.324. The Morgan fingerprint density at radius 3 is 2.78 bits per heavy atom. The van der Waals surface area contributed by atoms with Gasteiger partial charge in [0.25, 0.3) is 0 Å². The molecule has 2 bridgehead atoms. The lowest BCUT2D eigenvalue weighted by atomic mass is 9.43. The monoisotopic (exact) mass is 320 g/mol. The average molecular weight is 320 g/mol. The minimum atomic E-state index is -0.139. The minimum Gasteiger partial charge on any atom is -0.469 e. The lowest BCUT2D eigenvalue weighted by Gasteiger charge is -2.64. The van der Waals surface area contributed by atoms with E-state index in [4.69, 9.17) is 9.31 Å². The van der Waals surface area contributed by atoms with Gasteiger partial charge in [0.15, 0.2) is 0 Å². The third-order valence-corrected chi connectivity index (χ3v) is 6.48. The molecule has 0 radical (unpaired) electrons. The molecule has 3 saturated carbocycles. The largest absolute Gasteiger partial charge is 0.469 e. The highest BCUT2D eigenvalue weighted by molar-refractivity contribution is 6.46. The third kappa shape index (κ3) is 2.98. The molecule has 1 heterocycles. The highest BCUT2D eigenvalue weighted by Crippen LogP contribution is 2.65. The average Bonchev–Trinajstić information content (AvgIpc) is 2.85. The van der Waals surface area contributed by atoms with Crippen molar-refractivity contribution in [1.29, 1.82) is 0 Å². The van der Waals surface area contributed by atoms with Gasteiger partial charge in [-0.2, -0.15) is 0 Å². The second-order valence-corrected chi connectivity index (χ2v) is 8.07. The Balaban J connectivity index is 1.45. The molecule has 0 aromatic heterocycles. The zero-order chi connectivity index (χ0) is 16.7. The van der Waals surface area contributed by atoms with Gasteiger partial charge < -0.3 is 14.0 Å². The molecule has 4 nitrogen and oxygen atoms in total. The third-order valence-electron chi connectivity index (χ3n) is 6.48. The van der Waals surface area contributed by atoms with Gasteiger partial charge in [-0.3, -0.25) is 4.79 Å². The summed E-state index contributed by atoms with van der Waals surface area (Å²) in [7, 11) is 1.32. The van der Waals surface area contributed by atoms with Gasteiger partial charge in [0.1, 0.15) is 0 Å². The van der Waals surface area contributed by atoms with E-state index in [1.807, 2.05) is 0 Å². The first-order valence-corrected chi connectivity index (χ1v) is 8.93. The Kier molecular flexibility index (Phi) is 4.63. The van der Waals surface area contributed by atoms with Crippen molar-refractivity contribution in [3.63, 3.8) is 0 Å². The zero-order valence-corrected chi connectivity index (χ0v) is 14.8. The lowest BCUT2D eigenvalue weighted by molar-refractivity contribution is -0.199. The van der Waals surface area contributed by atoms with Crippen molar-refractivity contribution in [1.82, 2.24) is 0 Å². The first kappa shape index (κ1) is 17.0. The maximum Gasteiger partial charge on any atom is 0.461 e. The lowest BCUT2D eigenvalue weighted by Crippen LogP contribution is -2.65. The van der Waals surface area contributed by atoms with Gasteiger partial charge in [-0.1, -0.05) is 26.0 Å². The fourth-order valence-corrected chi connectivity index (χ4v) is 4.84. The number of ether oxygens (including phenoxy) is 1. The van der Waals surface area contributed by atoms with Gasteiger partial charge in [0, 0.05) is 12.7 Å². The van der Waals surface area contributed by atoms with E-state index in [1.165, 1.54) is 13.5 Å². The molecule has 0 N–H and O–H groups in total. The molecular weight excluding hydrogens is 291 g/mol. The van der Waals surface area contributed by atoms with Crippen molar-refractivity contribution in [2.45, 2.75) is 70.9 Å². The van der Waals surface area contributed by atoms with Crippen LogP contribution in [-0.2, 0) is 18.8 Å². The minimum absolute atomic E-state index is 0.109. The molecule has 5 heteroatoms. The standard InChI is InChI=1S/C18H29BO4/c1-17(2)13-11-14(17)18(3)15(12-13)22-19(23-18)10-8-6-5-7-9-16(20)21-4/h6,8,13-15H,5,7,9-12H2,1-4H3/b8-6+/t13-,14-,15+,18-/m0/s1. The van der Waals surface area contributed by atoms with Crippen LogP contribution in [0.5, 0.6) is 0 Å². The van der Waals surface area contributed by atoms with E-state index < -0.39 is 0 Å². The molecule has 4 fully saturated rings. The maximum absolute atomic E-state index is 11.0. The van der Waals surface area contributed by atoms with E-state index in [-0.39, 0.29) is 24.8 Å². The van der Waals surface area contributed by atoms with Gasteiger partial charge in [-0.25, -0.2) is 0 Å². The van der Waals surface area contributed by atoms with Gasteiger partial charge in [-0.15, -0.1) is 0 Å². The fourth-order valence-electron chi connectivity index (χ4n) is 4.84. The van der Waals surface area contributed by atoms with Crippen LogP contribution in [0.2, 0.25) is 6.32 Å². The van der Waals surface area contributed by atoms with Crippen LogP contribution in [0.3, 0.4) is 0 Å². The van der Waals surface area contributed by atoms with Gasteiger partial charge >= 0.3 is 13.1 Å². The van der Waals surface area contributed by atoms with E-state index in [0.717, 1.165) is 31.5 Å². The Hall–Kier alpha value is -0.805. The SMILES string of the molecule is COC(=O)CCC/C=C/CB1O[C@@H]2C[C@@H]3C[C@@H](C3(C)C)[C@]2(C)O1. The summed E-state index contributed by atoms with van der Waals surface area (Å²) in [6.45, 7) is 7.01. The molecule has 4 aliphatic rings. The molecule has 4 rings (SSSR count). The molecule has 0 unspecified atom stereocenters. The van der Waals surface area contributed by atoms with E-state index in [0.29, 0.717) is 17.8 Å². The van der Waals surface area contributed by atoms with Crippen molar-refractivity contribution >= 4 is 13.1 Å². The van der Waals surface area contributed by atoms with Gasteiger partial charge in [0.05, 0.1) is 18.8 Å². The molecule has 1 saturated heterocycles. The molecule has 0 aromatic carbocycles.